The average molecular weight is 361 g/mol. The first-order chi connectivity index (χ1) is 12.1. The Hall–Kier alpha value is -3.06. The second-order valence-corrected chi connectivity index (χ2v) is 5.42. The van der Waals surface area contributed by atoms with Gasteiger partial charge in [0.25, 0.3) is 5.89 Å². The van der Waals surface area contributed by atoms with Crippen LogP contribution in [0.4, 0.5) is 0 Å². The van der Waals surface area contributed by atoms with Crippen LogP contribution in [-0.2, 0) is 11.3 Å². The zero-order chi connectivity index (χ0) is 17.8. The second-order valence-electron chi connectivity index (χ2n) is 4.98. The van der Waals surface area contributed by atoms with Gasteiger partial charge in [-0.15, -0.1) is 0 Å². The summed E-state index contributed by atoms with van der Waals surface area (Å²) in [5.41, 5.74) is 0.702. The molecular weight excluding hydrogens is 348 g/mol. The van der Waals surface area contributed by atoms with Crippen LogP contribution >= 0.6 is 11.6 Å². The van der Waals surface area contributed by atoms with Crippen LogP contribution in [0.3, 0.4) is 0 Å². The molecule has 25 heavy (non-hydrogen) atoms. The Bertz CT molecular complexity index is 910. The molecule has 128 valence electrons. The number of ether oxygens (including phenoxy) is 2. The third kappa shape index (κ3) is 3.89. The lowest BCUT2D eigenvalue weighted by atomic mass is 10.2. The Morgan fingerprint density at radius 1 is 1.28 bits per heavy atom. The number of benzene rings is 2. The van der Waals surface area contributed by atoms with E-state index in [0.717, 1.165) is 0 Å². The number of phenols is 1. The highest BCUT2D eigenvalue weighted by atomic mass is 35.5. The van der Waals surface area contributed by atoms with Crippen molar-refractivity contribution in [3.05, 3.63) is 58.9 Å². The molecule has 0 atom stereocenters. The fraction of sp³-hybridized carbons (Fsp3) is 0.118. The SMILES string of the molecule is COc1cccc(-c2noc(COC(=O)c3ccc(Cl)cc3O)n2)c1. The Balaban J connectivity index is 1.68. The van der Waals surface area contributed by atoms with Gasteiger partial charge in [-0.25, -0.2) is 4.79 Å². The van der Waals surface area contributed by atoms with Crippen molar-refractivity contribution in [1.29, 1.82) is 0 Å². The topological polar surface area (TPSA) is 94.7 Å². The summed E-state index contributed by atoms with van der Waals surface area (Å²) in [7, 11) is 1.56. The van der Waals surface area contributed by atoms with Gasteiger partial charge < -0.3 is 19.1 Å². The van der Waals surface area contributed by atoms with Crippen molar-refractivity contribution in [2.24, 2.45) is 0 Å². The average Bonchev–Trinajstić information content (AvgIpc) is 3.09. The van der Waals surface area contributed by atoms with E-state index in [1.807, 2.05) is 0 Å². The molecule has 0 radical (unpaired) electrons. The van der Waals surface area contributed by atoms with Gasteiger partial charge in [-0.3, -0.25) is 0 Å². The summed E-state index contributed by atoms with van der Waals surface area (Å²) in [5, 5.41) is 13.9. The zero-order valence-corrected chi connectivity index (χ0v) is 13.9. The van der Waals surface area contributed by atoms with Gasteiger partial charge in [0.2, 0.25) is 5.82 Å². The number of aromatic hydroxyl groups is 1. The van der Waals surface area contributed by atoms with E-state index in [2.05, 4.69) is 10.1 Å². The van der Waals surface area contributed by atoms with Gasteiger partial charge in [0.15, 0.2) is 6.61 Å². The summed E-state index contributed by atoms with van der Waals surface area (Å²) >= 11 is 5.72. The second kappa shape index (κ2) is 7.23. The molecule has 0 amide bonds. The van der Waals surface area contributed by atoms with Crippen molar-refractivity contribution in [3.63, 3.8) is 0 Å². The molecule has 0 fully saturated rings. The predicted octanol–water partition coefficient (Wildman–Crippen LogP) is 3.46. The maximum absolute atomic E-state index is 12.0. The monoisotopic (exact) mass is 360 g/mol. The lowest BCUT2D eigenvalue weighted by molar-refractivity contribution is 0.0426. The number of nitrogens with zero attached hydrogens (tertiary/aromatic N) is 2. The largest absolute Gasteiger partial charge is 0.507 e. The summed E-state index contributed by atoms with van der Waals surface area (Å²) in [4.78, 5) is 16.1. The van der Waals surface area contributed by atoms with E-state index in [-0.39, 0.29) is 23.8 Å². The minimum atomic E-state index is -0.727. The van der Waals surface area contributed by atoms with Crippen LogP contribution in [0.15, 0.2) is 47.0 Å². The van der Waals surface area contributed by atoms with Crippen molar-refractivity contribution in [2.45, 2.75) is 6.61 Å². The summed E-state index contributed by atoms with van der Waals surface area (Å²) in [6, 6.07) is 11.3. The van der Waals surface area contributed by atoms with E-state index < -0.39 is 5.97 Å². The van der Waals surface area contributed by atoms with Gasteiger partial charge in [-0.2, -0.15) is 4.98 Å². The third-order valence-corrected chi connectivity index (χ3v) is 3.54. The molecule has 0 saturated heterocycles. The predicted molar refractivity (Wildman–Crippen MR) is 88.5 cm³/mol. The van der Waals surface area contributed by atoms with Crippen molar-refractivity contribution in [2.75, 3.05) is 7.11 Å². The maximum Gasteiger partial charge on any atom is 0.342 e. The number of carbonyl (C=O) groups is 1. The molecule has 0 aliphatic rings. The number of phenolic OH excluding ortho intramolecular Hbond substituents is 1. The molecule has 0 aliphatic carbocycles. The number of rotatable bonds is 5. The van der Waals surface area contributed by atoms with Crippen molar-refractivity contribution in [1.82, 2.24) is 10.1 Å². The Morgan fingerprint density at radius 3 is 2.88 bits per heavy atom. The molecule has 0 unspecified atom stereocenters. The first-order valence-electron chi connectivity index (χ1n) is 7.19. The van der Waals surface area contributed by atoms with E-state index in [1.165, 1.54) is 18.2 Å². The van der Waals surface area contributed by atoms with Crippen molar-refractivity contribution in [3.8, 4) is 22.9 Å². The van der Waals surface area contributed by atoms with Crippen molar-refractivity contribution >= 4 is 17.6 Å². The number of aromatic nitrogens is 2. The van der Waals surface area contributed by atoms with E-state index in [0.29, 0.717) is 22.2 Å². The molecule has 1 heterocycles. The fourth-order valence-electron chi connectivity index (χ4n) is 2.08. The lowest BCUT2D eigenvalue weighted by Crippen LogP contribution is -2.05. The van der Waals surface area contributed by atoms with Crippen LogP contribution in [0.5, 0.6) is 11.5 Å². The highest BCUT2D eigenvalue weighted by molar-refractivity contribution is 6.30. The Kier molecular flexibility index (Phi) is 4.85. The normalized spacial score (nSPS) is 10.5. The van der Waals surface area contributed by atoms with Gasteiger partial charge >= 0.3 is 5.97 Å². The number of hydrogen-bond acceptors (Lipinski definition) is 7. The molecule has 3 aromatic rings. The third-order valence-electron chi connectivity index (χ3n) is 3.30. The number of esters is 1. The van der Waals surface area contributed by atoms with Crippen LogP contribution in [0.1, 0.15) is 16.2 Å². The van der Waals surface area contributed by atoms with Crippen LogP contribution in [0.25, 0.3) is 11.4 Å². The molecule has 8 heteroatoms. The molecule has 1 N–H and O–H groups in total. The highest BCUT2D eigenvalue weighted by Crippen LogP contribution is 2.24. The van der Waals surface area contributed by atoms with Crippen LogP contribution in [0, 0.1) is 0 Å². The maximum atomic E-state index is 12.0. The minimum Gasteiger partial charge on any atom is -0.507 e. The van der Waals surface area contributed by atoms with E-state index in [4.69, 9.17) is 25.6 Å². The zero-order valence-electron chi connectivity index (χ0n) is 13.1. The van der Waals surface area contributed by atoms with E-state index in [9.17, 15) is 9.90 Å². The number of methoxy groups -OCH3 is 1. The summed E-state index contributed by atoms with van der Waals surface area (Å²) in [6.07, 6.45) is 0. The molecule has 0 aliphatic heterocycles. The molecule has 3 rings (SSSR count). The quantitative estimate of drug-likeness (QED) is 0.696. The van der Waals surface area contributed by atoms with E-state index in [1.54, 1.807) is 31.4 Å². The van der Waals surface area contributed by atoms with Gasteiger partial charge in [0, 0.05) is 10.6 Å². The minimum absolute atomic E-state index is 0.00284. The number of halogens is 1. The lowest BCUT2D eigenvalue weighted by Gasteiger charge is -2.04. The van der Waals surface area contributed by atoms with Crippen LogP contribution in [-0.4, -0.2) is 28.3 Å². The first-order valence-corrected chi connectivity index (χ1v) is 7.57. The molecule has 7 nitrogen and oxygen atoms in total. The molecule has 0 saturated carbocycles. The molecular formula is C17H13ClN2O5. The molecule has 2 aromatic carbocycles. The number of hydrogen-bond donors (Lipinski definition) is 1. The highest BCUT2D eigenvalue weighted by Gasteiger charge is 2.16. The van der Waals surface area contributed by atoms with E-state index >= 15 is 0 Å². The standard InChI is InChI=1S/C17H13ClN2O5/c1-23-12-4-2-3-10(7-12)16-19-15(25-20-16)9-24-17(22)13-6-5-11(18)8-14(13)21/h2-8,21H,9H2,1H3. The Morgan fingerprint density at radius 2 is 2.12 bits per heavy atom. The van der Waals surface area contributed by atoms with Crippen LogP contribution < -0.4 is 4.74 Å². The summed E-state index contributed by atoms with van der Waals surface area (Å²) < 4.78 is 15.3. The summed E-state index contributed by atoms with van der Waals surface area (Å²) in [5.74, 6) is 0.141. The van der Waals surface area contributed by atoms with Gasteiger partial charge in [-0.1, -0.05) is 28.9 Å². The van der Waals surface area contributed by atoms with Gasteiger partial charge in [0.1, 0.15) is 17.1 Å². The van der Waals surface area contributed by atoms with Gasteiger partial charge in [0.05, 0.1) is 7.11 Å². The molecule has 1 aromatic heterocycles. The molecule has 0 spiro atoms. The van der Waals surface area contributed by atoms with Gasteiger partial charge in [-0.05, 0) is 30.3 Å². The smallest absolute Gasteiger partial charge is 0.342 e. The number of carbonyl (C=O) groups excluding carboxylic acids is 1. The van der Waals surface area contributed by atoms with Crippen LogP contribution in [0.2, 0.25) is 5.02 Å². The fourth-order valence-corrected chi connectivity index (χ4v) is 2.24. The first kappa shape index (κ1) is 16.8. The molecule has 0 bridgehead atoms. The Labute approximate surface area is 147 Å². The summed E-state index contributed by atoms with van der Waals surface area (Å²) in [6.45, 7) is -0.224. The van der Waals surface area contributed by atoms with Crippen molar-refractivity contribution < 1.29 is 23.9 Å².